The van der Waals surface area contributed by atoms with Gasteiger partial charge in [-0.05, 0) is 56.0 Å². The number of fused-ring (bicyclic) bond motifs is 2. The summed E-state index contributed by atoms with van der Waals surface area (Å²) in [5, 5.41) is 6.48. The Bertz CT molecular complexity index is 1010. The lowest BCUT2D eigenvalue weighted by Crippen LogP contribution is -2.37. The standard InChI is InChI=1S/C20H21N5OS/c1-12-9-21-20(23-18(12)17-4-3-7-27-17)25-13(2)16(10-22-25)19(26)24-11-14-5-6-15(24)8-14/h3-4,7,9-10,14-15H,5-6,8,11H2,1-2H3. The number of carbonyl (C=O) groups is 1. The second kappa shape index (κ2) is 6.27. The number of amides is 1. The largest absolute Gasteiger partial charge is 0.335 e. The van der Waals surface area contributed by atoms with Gasteiger partial charge in [-0.25, -0.2) is 14.6 Å². The Morgan fingerprint density at radius 1 is 1.26 bits per heavy atom. The molecule has 0 spiro atoms. The summed E-state index contributed by atoms with van der Waals surface area (Å²) in [6.45, 7) is 4.81. The molecule has 0 N–H and O–H groups in total. The van der Waals surface area contributed by atoms with Gasteiger partial charge >= 0.3 is 0 Å². The Kier molecular flexibility index (Phi) is 3.86. The van der Waals surface area contributed by atoms with E-state index in [1.165, 1.54) is 6.42 Å². The lowest BCUT2D eigenvalue weighted by atomic mass is 10.1. The zero-order valence-corrected chi connectivity index (χ0v) is 16.2. The molecule has 2 unspecified atom stereocenters. The Hall–Kier alpha value is -2.54. The number of thiophene rings is 1. The number of aromatic nitrogens is 4. The van der Waals surface area contributed by atoms with Crippen LogP contribution in [0.25, 0.3) is 16.5 Å². The topological polar surface area (TPSA) is 63.9 Å². The highest BCUT2D eigenvalue weighted by Crippen LogP contribution is 2.38. The van der Waals surface area contributed by atoms with E-state index >= 15 is 0 Å². The van der Waals surface area contributed by atoms with Crippen LogP contribution in [0.15, 0.2) is 29.9 Å². The van der Waals surface area contributed by atoms with Crippen molar-refractivity contribution in [2.45, 2.75) is 39.2 Å². The molecule has 0 radical (unpaired) electrons. The summed E-state index contributed by atoms with van der Waals surface area (Å²) in [5.41, 5.74) is 3.39. The van der Waals surface area contributed by atoms with Gasteiger partial charge in [0.05, 0.1) is 28.0 Å². The third kappa shape index (κ3) is 2.68. The van der Waals surface area contributed by atoms with Crippen molar-refractivity contribution in [3.63, 3.8) is 0 Å². The lowest BCUT2D eigenvalue weighted by molar-refractivity contribution is 0.0703. The van der Waals surface area contributed by atoms with E-state index in [9.17, 15) is 4.79 Å². The van der Waals surface area contributed by atoms with E-state index in [0.29, 0.717) is 23.5 Å². The molecule has 4 heterocycles. The van der Waals surface area contributed by atoms with Crippen molar-refractivity contribution >= 4 is 17.2 Å². The van der Waals surface area contributed by atoms with Crippen LogP contribution in [0.4, 0.5) is 0 Å². The molecule has 7 heteroatoms. The van der Waals surface area contributed by atoms with Crippen molar-refractivity contribution in [2.75, 3.05) is 6.54 Å². The van der Waals surface area contributed by atoms with Gasteiger partial charge in [0, 0.05) is 18.8 Å². The number of nitrogens with zero attached hydrogens (tertiary/aromatic N) is 5. The van der Waals surface area contributed by atoms with Crippen molar-refractivity contribution in [2.24, 2.45) is 5.92 Å². The van der Waals surface area contributed by atoms with Crippen LogP contribution >= 0.6 is 11.3 Å². The van der Waals surface area contributed by atoms with Gasteiger partial charge in [0.1, 0.15) is 0 Å². The van der Waals surface area contributed by atoms with Crippen LogP contribution in [0.2, 0.25) is 0 Å². The van der Waals surface area contributed by atoms with Gasteiger partial charge in [-0.3, -0.25) is 4.79 Å². The van der Waals surface area contributed by atoms with Crippen molar-refractivity contribution < 1.29 is 4.79 Å². The monoisotopic (exact) mass is 379 g/mol. The number of likely N-dealkylation sites (tertiary alicyclic amines) is 1. The molecule has 1 aliphatic heterocycles. The van der Waals surface area contributed by atoms with Gasteiger partial charge in [-0.15, -0.1) is 11.3 Å². The second-order valence-electron chi connectivity index (χ2n) is 7.52. The average molecular weight is 379 g/mol. The highest BCUT2D eigenvalue weighted by atomic mass is 32.1. The molecule has 138 valence electrons. The first-order valence-electron chi connectivity index (χ1n) is 9.35. The molecule has 6 nitrogen and oxygen atoms in total. The number of hydrogen-bond donors (Lipinski definition) is 0. The van der Waals surface area contributed by atoms with Crippen LogP contribution in [0.3, 0.4) is 0 Å². The molecular formula is C20H21N5OS. The molecule has 5 rings (SSSR count). The highest BCUT2D eigenvalue weighted by molar-refractivity contribution is 7.13. The zero-order valence-electron chi connectivity index (χ0n) is 15.4. The summed E-state index contributed by atoms with van der Waals surface area (Å²) in [6.07, 6.45) is 7.03. The number of carbonyl (C=O) groups excluding carboxylic acids is 1. The average Bonchev–Trinajstić information content (AvgIpc) is 3.46. The molecule has 3 aromatic rings. The smallest absolute Gasteiger partial charge is 0.257 e. The van der Waals surface area contributed by atoms with Crippen LogP contribution in [0, 0.1) is 19.8 Å². The number of hydrogen-bond acceptors (Lipinski definition) is 5. The summed E-state index contributed by atoms with van der Waals surface area (Å²) in [6, 6.07) is 4.48. The molecule has 2 aliphatic rings. The molecule has 27 heavy (non-hydrogen) atoms. The summed E-state index contributed by atoms with van der Waals surface area (Å²) in [5.74, 6) is 1.28. The highest BCUT2D eigenvalue weighted by Gasteiger charge is 2.41. The van der Waals surface area contributed by atoms with Crippen LogP contribution in [0.1, 0.15) is 40.9 Å². The SMILES string of the molecule is Cc1cnc(-n2ncc(C(=O)N3CC4CCC3C4)c2C)nc1-c1cccs1. The van der Waals surface area contributed by atoms with Gasteiger partial charge in [-0.2, -0.15) is 5.10 Å². The molecule has 1 aliphatic carbocycles. The van der Waals surface area contributed by atoms with Crippen molar-refractivity contribution in [1.29, 1.82) is 0 Å². The lowest BCUT2D eigenvalue weighted by Gasteiger charge is -2.26. The third-order valence-electron chi connectivity index (χ3n) is 5.81. The predicted octanol–water partition coefficient (Wildman–Crippen LogP) is 3.63. The van der Waals surface area contributed by atoms with Crippen LogP contribution in [0.5, 0.6) is 0 Å². The minimum absolute atomic E-state index is 0.0940. The van der Waals surface area contributed by atoms with Crippen molar-refractivity contribution in [3.8, 4) is 16.5 Å². The van der Waals surface area contributed by atoms with Gasteiger partial charge < -0.3 is 4.90 Å². The van der Waals surface area contributed by atoms with E-state index in [0.717, 1.165) is 41.2 Å². The van der Waals surface area contributed by atoms with E-state index in [4.69, 9.17) is 4.98 Å². The minimum Gasteiger partial charge on any atom is -0.335 e. The van der Waals surface area contributed by atoms with Gasteiger partial charge in [0.25, 0.3) is 11.9 Å². The van der Waals surface area contributed by atoms with Crippen LogP contribution in [-0.4, -0.2) is 43.1 Å². The van der Waals surface area contributed by atoms with E-state index in [1.807, 2.05) is 36.4 Å². The normalized spacial score (nSPS) is 21.2. The summed E-state index contributed by atoms with van der Waals surface area (Å²) in [7, 11) is 0. The van der Waals surface area contributed by atoms with E-state index in [-0.39, 0.29) is 5.91 Å². The third-order valence-corrected chi connectivity index (χ3v) is 6.69. The van der Waals surface area contributed by atoms with Gasteiger partial charge in [0.15, 0.2) is 0 Å². The van der Waals surface area contributed by atoms with E-state index in [2.05, 4.69) is 16.1 Å². The predicted molar refractivity (Wildman–Crippen MR) is 104 cm³/mol. The minimum atomic E-state index is 0.0940. The van der Waals surface area contributed by atoms with Gasteiger partial charge in [-0.1, -0.05) is 6.07 Å². The quantitative estimate of drug-likeness (QED) is 0.697. The number of aryl methyl sites for hydroxylation is 1. The number of piperidine rings is 1. The summed E-state index contributed by atoms with van der Waals surface area (Å²) < 4.78 is 1.68. The van der Waals surface area contributed by atoms with Crippen molar-refractivity contribution in [3.05, 3.63) is 46.7 Å². The molecule has 1 saturated heterocycles. The maximum absolute atomic E-state index is 13.0. The fourth-order valence-corrected chi connectivity index (χ4v) is 5.13. The van der Waals surface area contributed by atoms with Gasteiger partial charge in [0.2, 0.25) is 0 Å². The van der Waals surface area contributed by atoms with E-state index in [1.54, 1.807) is 22.2 Å². The molecule has 1 saturated carbocycles. The van der Waals surface area contributed by atoms with Crippen molar-refractivity contribution in [1.82, 2.24) is 24.6 Å². The second-order valence-corrected chi connectivity index (χ2v) is 8.47. The van der Waals surface area contributed by atoms with Crippen LogP contribution in [-0.2, 0) is 0 Å². The van der Waals surface area contributed by atoms with Crippen LogP contribution < -0.4 is 0 Å². The Labute approximate surface area is 161 Å². The fraction of sp³-hybridized carbons (Fsp3) is 0.400. The summed E-state index contributed by atoms with van der Waals surface area (Å²) in [4.78, 5) is 25.4. The zero-order chi connectivity index (χ0) is 18.5. The molecule has 2 fully saturated rings. The molecular weight excluding hydrogens is 358 g/mol. The Morgan fingerprint density at radius 3 is 2.85 bits per heavy atom. The maximum Gasteiger partial charge on any atom is 0.257 e. The molecule has 2 bridgehead atoms. The molecule has 2 atom stereocenters. The molecule has 1 amide bonds. The fourth-order valence-electron chi connectivity index (χ4n) is 4.35. The Morgan fingerprint density at radius 2 is 2.15 bits per heavy atom. The summed E-state index contributed by atoms with van der Waals surface area (Å²) >= 11 is 1.65. The Balaban J connectivity index is 1.49. The first-order chi connectivity index (χ1) is 13.1. The maximum atomic E-state index is 13.0. The molecule has 3 aromatic heterocycles. The number of rotatable bonds is 3. The van der Waals surface area contributed by atoms with E-state index < -0.39 is 0 Å². The molecule has 0 aromatic carbocycles. The first kappa shape index (κ1) is 16.6. The first-order valence-corrected chi connectivity index (χ1v) is 10.2.